The van der Waals surface area contributed by atoms with Crippen LogP contribution in [0.5, 0.6) is 0 Å². The smallest absolute Gasteiger partial charge is 0.250 e. The predicted molar refractivity (Wildman–Crippen MR) is 119 cm³/mol. The summed E-state index contributed by atoms with van der Waals surface area (Å²) in [7, 11) is 0. The molecule has 4 aromatic rings. The Kier molecular flexibility index (Phi) is 5.31. The topological polar surface area (TPSA) is 77.0 Å². The van der Waals surface area contributed by atoms with E-state index >= 15 is 0 Å². The molecule has 1 aliphatic rings. The van der Waals surface area contributed by atoms with Gasteiger partial charge in [0.05, 0.1) is 17.4 Å². The minimum absolute atomic E-state index is 0.221. The Morgan fingerprint density at radius 3 is 2.74 bits per heavy atom. The molecule has 0 unspecified atom stereocenters. The molecule has 0 radical (unpaired) electrons. The Balaban J connectivity index is 1.29. The number of hydrogen-bond acceptors (Lipinski definition) is 5. The SMILES string of the molecule is O=C(CCn1cnc2cc(-c3noc(/C=C/c4ccccc4)n3)ccc21)N1CCCC1. The first-order valence-electron chi connectivity index (χ1n) is 10.6. The second-order valence-electron chi connectivity index (χ2n) is 7.68. The van der Waals surface area contributed by atoms with E-state index in [0.29, 0.717) is 24.7 Å². The predicted octanol–water partition coefficient (Wildman–Crippen LogP) is 4.27. The Morgan fingerprint density at radius 1 is 1.06 bits per heavy atom. The van der Waals surface area contributed by atoms with Gasteiger partial charge in [-0.2, -0.15) is 4.98 Å². The van der Waals surface area contributed by atoms with Crippen molar-refractivity contribution in [2.75, 3.05) is 13.1 Å². The lowest BCUT2D eigenvalue weighted by Gasteiger charge is -2.15. The Hall–Kier alpha value is -3.74. The molecule has 156 valence electrons. The van der Waals surface area contributed by atoms with E-state index in [1.807, 2.05) is 64.1 Å². The van der Waals surface area contributed by atoms with Gasteiger partial charge in [0, 0.05) is 37.7 Å². The summed E-state index contributed by atoms with van der Waals surface area (Å²) in [6, 6.07) is 15.9. The van der Waals surface area contributed by atoms with Crippen molar-refractivity contribution in [3.05, 3.63) is 66.3 Å². The first kappa shape index (κ1) is 19.2. The third-order valence-corrected chi connectivity index (χ3v) is 5.56. The minimum Gasteiger partial charge on any atom is -0.343 e. The van der Waals surface area contributed by atoms with Crippen LogP contribution in [0.3, 0.4) is 0 Å². The van der Waals surface area contributed by atoms with Crippen molar-refractivity contribution in [2.45, 2.75) is 25.8 Å². The van der Waals surface area contributed by atoms with Crippen LogP contribution in [-0.2, 0) is 11.3 Å². The van der Waals surface area contributed by atoms with Gasteiger partial charge in [0.15, 0.2) is 0 Å². The summed E-state index contributed by atoms with van der Waals surface area (Å²) in [5.41, 5.74) is 3.74. The van der Waals surface area contributed by atoms with Crippen LogP contribution >= 0.6 is 0 Å². The summed E-state index contributed by atoms with van der Waals surface area (Å²) < 4.78 is 7.38. The first-order chi connectivity index (χ1) is 15.3. The van der Waals surface area contributed by atoms with Gasteiger partial charge >= 0.3 is 0 Å². The highest BCUT2D eigenvalue weighted by Gasteiger charge is 2.18. The average Bonchev–Trinajstić information content (AvgIpc) is 3.57. The fourth-order valence-corrected chi connectivity index (χ4v) is 3.87. The van der Waals surface area contributed by atoms with Gasteiger partial charge in [-0.3, -0.25) is 4.79 Å². The summed E-state index contributed by atoms with van der Waals surface area (Å²) in [6.45, 7) is 2.40. The molecule has 0 saturated carbocycles. The van der Waals surface area contributed by atoms with Crippen LogP contribution in [0.15, 0.2) is 59.4 Å². The highest BCUT2D eigenvalue weighted by atomic mass is 16.5. The van der Waals surface area contributed by atoms with Gasteiger partial charge < -0.3 is 14.0 Å². The molecule has 5 rings (SSSR count). The largest absolute Gasteiger partial charge is 0.343 e. The maximum absolute atomic E-state index is 12.3. The highest BCUT2D eigenvalue weighted by molar-refractivity contribution is 5.81. The summed E-state index contributed by atoms with van der Waals surface area (Å²) in [6.07, 6.45) is 8.25. The number of imidazole rings is 1. The molecule has 1 aliphatic heterocycles. The van der Waals surface area contributed by atoms with Crippen LogP contribution in [0, 0.1) is 0 Å². The van der Waals surface area contributed by atoms with Crippen LogP contribution in [0.2, 0.25) is 0 Å². The van der Waals surface area contributed by atoms with Gasteiger partial charge in [0.25, 0.3) is 5.89 Å². The van der Waals surface area contributed by atoms with E-state index in [2.05, 4.69) is 15.1 Å². The zero-order valence-electron chi connectivity index (χ0n) is 17.1. The van der Waals surface area contributed by atoms with Crippen molar-refractivity contribution in [1.29, 1.82) is 0 Å². The van der Waals surface area contributed by atoms with E-state index in [1.165, 1.54) is 0 Å². The third-order valence-electron chi connectivity index (χ3n) is 5.56. The average molecular weight is 413 g/mol. The number of nitrogens with zero attached hydrogens (tertiary/aromatic N) is 5. The number of rotatable bonds is 6. The van der Waals surface area contributed by atoms with Crippen LogP contribution < -0.4 is 0 Å². The van der Waals surface area contributed by atoms with Crippen molar-refractivity contribution in [1.82, 2.24) is 24.6 Å². The number of likely N-dealkylation sites (tertiary alicyclic amines) is 1. The molecule has 0 N–H and O–H groups in total. The molecule has 2 aromatic heterocycles. The number of hydrogen-bond donors (Lipinski definition) is 0. The molecule has 2 aromatic carbocycles. The number of benzene rings is 2. The minimum atomic E-state index is 0.221. The molecule has 7 nitrogen and oxygen atoms in total. The number of aryl methyl sites for hydroxylation is 1. The number of carbonyl (C=O) groups is 1. The quantitative estimate of drug-likeness (QED) is 0.472. The van der Waals surface area contributed by atoms with Crippen molar-refractivity contribution in [3.63, 3.8) is 0 Å². The normalized spacial score (nSPS) is 14.1. The molecule has 0 atom stereocenters. The lowest BCUT2D eigenvalue weighted by Crippen LogP contribution is -2.28. The van der Waals surface area contributed by atoms with Gasteiger partial charge in [-0.25, -0.2) is 4.98 Å². The van der Waals surface area contributed by atoms with Crippen LogP contribution in [0.4, 0.5) is 0 Å². The molecule has 7 heteroatoms. The zero-order valence-corrected chi connectivity index (χ0v) is 17.1. The number of fused-ring (bicyclic) bond motifs is 1. The molecule has 1 amide bonds. The lowest BCUT2D eigenvalue weighted by atomic mass is 10.2. The number of aromatic nitrogens is 4. The molecule has 0 bridgehead atoms. The van der Waals surface area contributed by atoms with Crippen LogP contribution in [0.1, 0.15) is 30.7 Å². The van der Waals surface area contributed by atoms with Crippen molar-refractivity contribution in [2.24, 2.45) is 0 Å². The van der Waals surface area contributed by atoms with E-state index in [9.17, 15) is 4.79 Å². The van der Waals surface area contributed by atoms with Gasteiger partial charge in [-0.15, -0.1) is 0 Å². The van der Waals surface area contributed by atoms with Crippen LogP contribution in [-0.4, -0.2) is 43.6 Å². The monoisotopic (exact) mass is 413 g/mol. The standard InChI is InChI=1S/C24H23N5O2/c30-23(28-13-4-5-14-28)12-15-29-17-25-20-16-19(9-10-21(20)29)24-26-22(31-27-24)11-8-18-6-2-1-3-7-18/h1-3,6-11,16-17H,4-5,12-15H2/b11-8+. The second kappa shape index (κ2) is 8.55. The summed E-state index contributed by atoms with van der Waals surface area (Å²) in [5.74, 6) is 1.19. The molecular formula is C24H23N5O2. The van der Waals surface area contributed by atoms with Gasteiger partial charge in [-0.05, 0) is 42.7 Å². The van der Waals surface area contributed by atoms with Gasteiger partial charge in [-0.1, -0.05) is 35.5 Å². The van der Waals surface area contributed by atoms with Gasteiger partial charge in [0.2, 0.25) is 11.7 Å². The molecule has 1 fully saturated rings. The molecular weight excluding hydrogens is 390 g/mol. The third kappa shape index (κ3) is 4.26. The summed E-state index contributed by atoms with van der Waals surface area (Å²) in [5, 5.41) is 4.09. The number of carbonyl (C=O) groups excluding carboxylic acids is 1. The van der Waals surface area contributed by atoms with E-state index < -0.39 is 0 Å². The van der Waals surface area contributed by atoms with Crippen molar-refractivity contribution < 1.29 is 9.32 Å². The Labute approximate surface area is 180 Å². The summed E-state index contributed by atoms with van der Waals surface area (Å²) in [4.78, 5) is 23.2. The molecule has 0 spiro atoms. The Morgan fingerprint density at radius 2 is 1.90 bits per heavy atom. The lowest BCUT2D eigenvalue weighted by molar-refractivity contribution is -0.130. The highest BCUT2D eigenvalue weighted by Crippen LogP contribution is 2.23. The number of amides is 1. The fourth-order valence-electron chi connectivity index (χ4n) is 3.87. The molecule has 3 heterocycles. The zero-order chi connectivity index (χ0) is 21.0. The molecule has 31 heavy (non-hydrogen) atoms. The van der Waals surface area contributed by atoms with Gasteiger partial charge in [0.1, 0.15) is 0 Å². The second-order valence-corrected chi connectivity index (χ2v) is 7.68. The molecule has 0 aliphatic carbocycles. The maximum atomic E-state index is 12.3. The maximum Gasteiger partial charge on any atom is 0.250 e. The van der Waals surface area contributed by atoms with E-state index in [4.69, 9.17) is 4.52 Å². The summed E-state index contributed by atoms with van der Waals surface area (Å²) >= 11 is 0. The Bertz CT molecular complexity index is 1220. The van der Waals surface area contributed by atoms with Crippen molar-refractivity contribution in [3.8, 4) is 11.4 Å². The fraction of sp³-hybridized carbons (Fsp3) is 0.250. The van der Waals surface area contributed by atoms with E-state index in [1.54, 1.807) is 12.4 Å². The first-order valence-corrected chi connectivity index (χ1v) is 10.6. The molecule has 1 saturated heterocycles. The van der Waals surface area contributed by atoms with Crippen molar-refractivity contribution >= 4 is 29.1 Å². The van der Waals surface area contributed by atoms with Crippen LogP contribution in [0.25, 0.3) is 34.6 Å². The van der Waals surface area contributed by atoms with E-state index in [-0.39, 0.29) is 5.91 Å². The van der Waals surface area contributed by atoms with E-state index in [0.717, 1.165) is 48.1 Å².